The monoisotopic (exact) mass is 302 g/mol. The number of unbranched alkanes of at least 4 members (excludes halogenated alkanes) is 1. The Morgan fingerprint density at radius 1 is 1.37 bits per heavy atom. The summed E-state index contributed by atoms with van der Waals surface area (Å²) in [4.78, 5) is 0. The molecule has 2 rings (SSSR count). The molecule has 1 atom stereocenters. The molecule has 0 fully saturated rings. The van der Waals surface area contributed by atoms with Gasteiger partial charge in [-0.05, 0) is 48.6 Å². The second-order valence-electron chi connectivity index (χ2n) is 5.04. The smallest absolute Gasteiger partial charge is 0.147 e. The Bertz CT molecular complexity index is 540. The SMILES string of the molecule is CS(=O)(=O)CCCCS[C@@H]1CCc2c(F)cccc21. The molecule has 0 spiro atoms. The van der Waals surface area contributed by atoms with Gasteiger partial charge in [-0.25, -0.2) is 12.8 Å². The van der Waals surface area contributed by atoms with E-state index < -0.39 is 9.84 Å². The molecule has 0 radical (unpaired) electrons. The predicted octanol–water partition coefficient (Wildman–Crippen LogP) is 3.37. The van der Waals surface area contributed by atoms with Crippen LogP contribution in [0.15, 0.2) is 18.2 Å². The third kappa shape index (κ3) is 4.21. The van der Waals surface area contributed by atoms with Gasteiger partial charge in [0.25, 0.3) is 0 Å². The van der Waals surface area contributed by atoms with E-state index in [0.717, 1.165) is 36.1 Å². The van der Waals surface area contributed by atoms with E-state index in [-0.39, 0.29) is 11.6 Å². The number of hydrogen-bond acceptors (Lipinski definition) is 3. The predicted molar refractivity (Wildman–Crippen MR) is 78.9 cm³/mol. The number of hydrogen-bond donors (Lipinski definition) is 0. The summed E-state index contributed by atoms with van der Waals surface area (Å²) < 4.78 is 35.6. The summed E-state index contributed by atoms with van der Waals surface area (Å²) in [5, 5.41) is 0.379. The van der Waals surface area contributed by atoms with Crippen LogP contribution < -0.4 is 0 Å². The van der Waals surface area contributed by atoms with Crippen molar-refractivity contribution in [3.63, 3.8) is 0 Å². The Labute approximate surface area is 118 Å². The molecule has 0 aliphatic heterocycles. The molecule has 0 N–H and O–H groups in total. The maximum Gasteiger partial charge on any atom is 0.147 e. The zero-order valence-corrected chi connectivity index (χ0v) is 12.7. The van der Waals surface area contributed by atoms with Gasteiger partial charge in [0, 0.05) is 17.3 Å². The van der Waals surface area contributed by atoms with Gasteiger partial charge in [0.1, 0.15) is 15.7 Å². The maximum atomic E-state index is 13.6. The van der Waals surface area contributed by atoms with E-state index in [4.69, 9.17) is 0 Å². The van der Waals surface area contributed by atoms with Crippen LogP contribution in [0.1, 0.15) is 35.6 Å². The average Bonchev–Trinajstić information content (AvgIpc) is 2.72. The van der Waals surface area contributed by atoms with E-state index >= 15 is 0 Å². The number of halogens is 1. The van der Waals surface area contributed by atoms with E-state index in [1.807, 2.05) is 17.8 Å². The van der Waals surface area contributed by atoms with Gasteiger partial charge in [-0.2, -0.15) is 11.8 Å². The quantitative estimate of drug-likeness (QED) is 0.756. The van der Waals surface area contributed by atoms with Crippen LogP contribution in [0, 0.1) is 5.82 Å². The molecular weight excluding hydrogens is 283 g/mol. The number of fused-ring (bicyclic) bond motifs is 1. The van der Waals surface area contributed by atoms with Crippen LogP contribution in [-0.2, 0) is 16.3 Å². The summed E-state index contributed by atoms with van der Waals surface area (Å²) in [6, 6.07) is 5.31. The van der Waals surface area contributed by atoms with Gasteiger partial charge in [-0.1, -0.05) is 12.1 Å². The first-order chi connectivity index (χ1) is 8.97. The van der Waals surface area contributed by atoms with Gasteiger partial charge in [-0.3, -0.25) is 0 Å². The normalized spacial score (nSPS) is 18.5. The first-order valence-electron chi connectivity index (χ1n) is 6.54. The third-order valence-corrected chi connectivity index (χ3v) is 5.83. The summed E-state index contributed by atoms with van der Waals surface area (Å²) in [6.07, 6.45) is 4.71. The van der Waals surface area contributed by atoms with Crippen LogP contribution in [0.3, 0.4) is 0 Å². The minimum Gasteiger partial charge on any atom is -0.229 e. The first-order valence-corrected chi connectivity index (χ1v) is 9.65. The third-order valence-electron chi connectivity index (χ3n) is 3.39. The number of thioether (sulfide) groups is 1. The highest BCUT2D eigenvalue weighted by Gasteiger charge is 2.24. The lowest BCUT2D eigenvalue weighted by Crippen LogP contribution is -2.03. The Balaban J connectivity index is 1.79. The van der Waals surface area contributed by atoms with E-state index in [9.17, 15) is 12.8 Å². The van der Waals surface area contributed by atoms with Crippen molar-refractivity contribution in [3.05, 3.63) is 35.1 Å². The van der Waals surface area contributed by atoms with Crippen molar-refractivity contribution >= 4 is 21.6 Å². The molecular formula is C14H19FO2S2. The van der Waals surface area contributed by atoms with Gasteiger partial charge in [-0.15, -0.1) is 0 Å². The minimum absolute atomic E-state index is 0.0855. The fourth-order valence-corrected chi connectivity index (χ4v) is 4.51. The number of rotatable bonds is 6. The van der Waals surface area contributed by atoms with Crippen LogP contribution in [-0.4, -0.2) is 26.2 Å². The van der Waals surface area contributed by atoms with Crippen LogP contribution in [0.2, 0.25) is 0 Å². The van der Waals surface area contributed by atoms with Crippen molar-refractivity contribution in [2.75, 3.05) is 17.8 Å². The number of sulfone groups is 1. The lowest BCUT2D eigenvalue weighted by Gasteiger charge is -2.11. The van der Waals surface area contributed by atoms with Gasteiger partial charge >= 0.3 is 0 Å². The molecule has 0 heterocycles. The number of benzene rings is 1. The van der Waals surface area contributed by atoms with Crippen molar-refractivity contribution in [1.29, 1.82) is 0 Å². The molecule has 1 aromatic carbocycles. The lowest BCUT2D eigenvalue weighted by atomic mass is 10.1. The van der Waals surface area contributed by atoms with Crippen LogP contribution in [0.25, 0.3) is 0 Å². The molecule has 0 unspecified atom stereocenters. The summed E-state index contributed by atoms with van der Waals surface area (Å²) in [5.41, 5.74) is 2.00. The van der Waals surface area contributed by atoms with Gasteiger partial charge in [0.15, 0.2) is 0 Å². The topological polar surface area (TPSA) is 34.1 Å². The molecule has 1 aliphatic carbocycles. The summed E-state index contributed by atoms with van der Waals surface area (Å²) in [7, 11) is -2.84. The van der Waals surface area contributed by atoms with Gasteiger partial charge < -0.3 is 0 Å². The molecule has 19 heavy (non-hydrogen) atoms. The summed E-state index contributed by atoms with van der Waals surface area (Å²) >= 11 is 1.82. The average molecular weight is 302 g/mol. The van der Waals surface area contributed by atoms with Crippen molar-refractivity contribution < 1.29 is 12.8 Å². The zero-order chi connectivity index (χ0) is 13.9. The van der Waals surface area contributed by atoms with Crippen molar-refractivity contribution in [3.8, 4) is 0 Å². The van der Waals surface area contributed by atoms with Crippen molar-refractivity contribution in [2.24, 2.45) is 0 Å². The second kappa shape index (κ2) is 6.27. The Morgan fingerprint density at radius 2 is 2.16 bits per heavy atom. The van der Waals surface area contributed by atoms with Crippen molar-refractivity contribution in [2.45, 2.75) is 30.9 Å². The van der Waals surface area contributed by atoms with Crippen LogP contribution >= 0.6 is 11.8 Å². The largest absolute Gasteiger partial charge is 0.229 e. The fraction of sp³-hybridized carbons (Fsp3) is 0.571. The van der Waals surface area contributed by atoms with Crippen LogP contribution in [0.4, 0.5) is 4.39 Å². The van der Waals surface area contributed by atoms with E-state index in [1.165, 1.54) is 12.3 Å². The molecule has 2 nitrogen and oxygen atoms in total. The standard InChI is InChI=1S/C14H19FO2S2/c1-19(16,17)10-3-2-9-18-14-8-7-11-12(14)5-4-6-13(11)15/h4-6,14H,2-3,7-10H2,1H3/t14-/m1/s1. The van der Waals surface area contributed by atoms with E-state index in [2.05, 4.69) is 0 Å². The molecule has 1 aliphatic rings. The molecule has 1 aromatic rings. The Morgan fingerprint density at radius 3 is 2.89 bits per heavy atom. The molecule has 0 saturated heterocycles. The molecule has 0 aromatic heterocycles. The summed E-state index contributed by atoms with van der Waals surface area (Å²) in [5.74, 6) is 1.12. The van der Waals surface area contributed by atoms with Crippen molar-refractivity contribution in [1.82, 2.24) is 0 Å². The van der Waals surface area contributed by atoms with E-state index in [0.29, 0.717) is 11.7 Å². The minimum atomic E-state index is -2.84. The molecule has 5 heteroatoms. The lowest BCUT2D eigenvalue weighted by molar-refractivity contribution is 0.598. The molecule has 0 saturated carbocycles. The Hall–Kier alpha value is -0.550. The highest BCUT2D eigenvalue weighted by Crippen LogP contribution is 2.42. The molecule has 0 bridgehead atoms. The second-order valence-corrected chi connectivity index (χ2v) is 8.61. The summed E-state index contributed by atoms with van der Waals surface area (Å²) in [6.45, 7) is 0. The molecule has 106 valence electrons. The Kier molecular flexibility index (Phi) is 4.90. The van der Waals surface area contributed by atoms with Gasteiger partial charge in [0.2, 0.25) is 0 Å². The highest BCUT2D eigenvalue weighted by atomic mass is 32.2. The highest BCUT2D eigenvalue weighted by molar-refractivity contribution is 7.99. The first kappa shape index (κ1) is 14.9. The van der Waals surface area contributed by atoms with E-state index in [1.54, 1.807) is 6.07 Å². The molecule has 0 amide bonds. The van der Waals surface area contributed by atoms with Gasteiger partial charge in [0.05, 0.1) is 0 Å². The maximum absolute atomic E-state index is 13.6. The fourth-order valence-electron chi connectivity index (χ4n) is 2.44. The zero-order valence-electron chi connectivity index (χ0n) is 11.1. The van der Waals surface area contributed by atoms with Crippen LogP contribution in [0.5, 0.6) is 0 Å².